The standard InChI is InChI=1S/C39H66N6O4S/c1-9-21-45(39(47)36(27(6)11-3)43-37(46)31-14-12-13-22-44(31)7)32(26(4)5)24-34(49-23-10-2)38-42-30(25-50-38)35(41)33(48-8)20-17-28-15-18-29(40)19-16-28/h15-16,18-19,25-27,31-36H,9-14,17,20-24,40-41H2,1-8H3,(H,43,46)/t27-,31+,32+,33?,34+,35?,36-/m0/s1. The summed E-state index contributed by atoms with van der Waals surface area (Å²) in [5.41, 5.74) is 15.4. The predicted octanol–water partition coefficient (Wildman–Crippen LogP) is 6.51. The van der Waals surface area contributed by atoms with Crippen LogP contribution in [0.3, 0.4) is 0 Å². The number of thiazole rings is 1. The second kappa shape index (κ2) is 21.1. The highest BCUT2D eigenvalue weighted by Crippen LogP contribution is 2.33. The van der Waals surface area contributed by atoms with E-state index in [2.05, 4.69) is 51.8 Å². The number of ether oxygens (including phenoxy) is 2. The van der Waals surface area contributed by atoms with Crippen LogP contribution in [0.1, 0.15) is 121 Å². The number of amides is 2. The number of nitrogens with one attached hydrogen (secondary N) is 1. The first-order valence-electron chi connectivity index (χ1n) is 19.0. The van der Waals surface area contributed by atoms with Gasteiger partial charge < -0.3 is 31.2 Å². The van der Waals surface area contributed by atoms with Crippen molar-refractivity contribution in [3.05, 3.63) is 45.9 Å². The Hall–Kier alpha value is -2.57. The van der Waals surface area contributed by atoms with E-state index in [1.807, 2.05) is 41.6 Å². The van der Waals surface area contributed by atoms with Crippen molar-refractivity contribution in [3.63, 3.8) is 0 Å². The minimum absolute atomic E-state index is 0.00332. The molecule has 1 fully saturated rings. The number of methoxy groups -OCH3 is 1. The van der Waals surface area contributed by atoms with Gasteiger partial charge in [0.25, 0.3) is 0 Å². The summed E-state index contributed by atoms with van der Waals surface area (Å²) < 4.78 is 12.4. The normalized spacial score (nSPS) is 19.0. The number of hydrogen-bond donors (Lipinski definition) is 3. The van der Waals surface area contributed by atoms with Gasteiger partial charge in [-0.2, -0.15) is 0 Å². The van der Waals surface area contributed by atoms with Crippen LogP contribution >= 0.6 is 11.3 Å². The molecule has 0 bridgehead atoms. The maximum atomic E-state index is 14.6. The first-order chi connectivity index (χ1) is 23.9. The molecule has 1 aromatic carbocycles. The van der Waals surface area contributed by atoms with Crippen LogP contribution in [-0.4, -0.2) is 84.7 Å². The number of rotatable bonds is 21. The number of carbonyl (C=O) groups is 2. The Morgan fingerprint density at radius 3 is 2.44 bits per heavy atom. The summed E-state index contributed by atoms with van der Waals surface area (Å²) in [6.45, 7) is 14.8. The molecule has 10 nitrogen and oxygen atoms in total. The number of carbonyl (C=O) groups excluding carboxylic acids is 2. The molecule has 0 saturated carbocycles. The van der Waals surface area contributed by atoms with Gasteiger partial charge in [0.2, 0.25) is 11.8 Å². The van der Waals surface area contributed by atoms with Crippen LogP contribution in [0.2, 0.25) is 0 Å². The van der Waals surface area contributed by atoms with Crippen LogP contribution in [0.4, 0.5) is 5.69 Å². The molecule has 1 aliphatic rings. The summed E-state index contributed by atoms with van der Waals surface area (Å²) in [6.07, 6.45) is 7.07. The van der Waals surface area contributed by atoms with Crippen molar-refractivity contribution in [3.8, 4) is 0 Å². The summed E-state index contributed by atoms with van der Waals surface area (Å²) in [7, 11) is 3.70. The number of nitrogens with two attached hydrogens (primary N) is 2. The molecule has 0 aliphatic carbocycles. The molecular weight excluding hydrogens is 649 g/mol. The molecule has 2 aromatic rings. The van der Waals surface area contributed by atoms with Crippen LogP contribution in [-0.2, 0) is 25.5 Å². The summed E-state index contributed by atoms with van der Waals surface area (Å²) >= 11 is 1.56. The highest BCUT2D eigenvalue weighted by molar-refractivity contribution is 7.09. The zero-order chi connectivity index (χ0) is 36.8. The third-order valence-corrected chi connectivity index (χ3v) is 11.3. The fourth-order valence-corrected chi connectivity index (χ4v) is 7.83. The fraction of sp³-hybridized carbons (Fsp3) is 0.718. The Morgan fingerprint density at radius 1 is 1.12 bits per heavy atom. The monoisotopic (exact) mass is 714 g/mol. The van der Waals surface area contributed by atoms with E-state index in [-0.39, 0.29) is 47.9 Å². The van der Waals surface area contributed by atoms with E-state index in [0.717, 1.165) is 74.3 Å². The third kappa shape index (κ3) is 11.7. The molecule has 2 amide bonds. The highest BCUT2D eigenvalue weighted by Gasteiger charge is 2.38. The SMILES string of the molecule is CCCO[C@H](C[C@H](C(C)C)N(CCC)C(=O)[C@@H](NC(=O)[C@H]1CCCCN1C)[C@@H](C)CC)c1nc(C(N)C(CCc2ccc(N)cc2)OC)cs1. The van der Waals surface area contributed by atoms with E-state index < -0.39 is 12.1 Å². The summed E-state index contributed by atoms with van der Waals surface area (Å²) in [4.78, 5) is 37.4. The Kier molecular flexibility index (Phi) is 17.6. The number of likely N-dealkylation sites (tertiary alicyclic amines) is 1. The van der Waals surface area contributed by atoms with Crippen molar-refractivity contribution in [1.82, 2.24) is 20.1 Å². The second-order valence-electron chi connectivity index (χ2n) is 14.5. The minimum Gasteiger partial charge on any atom is -0.399 e. The maximum Gasteiger partial charge on any atom is 0.245 e. The quantitative estimate of drug-likeness (QED) is 0.125. The summed E-state index contributed by atoms with van der Waals surface area (Å²) in [5, 5.41) is 6.11. The lowest BCUT2D eigenvalue weighted by Gasteiger charge is -2.40. The van der Waals surface area contributed by atoms with Gasteiger partial charge in [-0.15, -0.1) is 11.3 Å². The molecule has 2 unspecified atom stereocenters. The van der Waals surface area contributed by atoms with E-state index >= 15 is 0 Å². The van der Waals surface area contributed by atoms with Gasteiger partial charge in [-0.1, -0.05) is 66.5 Å². The predicted molar refractivity (Wildman–Crippen MR) is 205 cm³/mol. The van der Waals surface area contributed by atoms with Gasteiger partial charge in [0, 0.05) is 43.8 Å². The lowest BCUT2D eigenvalue weighted by atomic mass is 9.92. The molecule has 7 atom stereocenters. The third-order valence-electron chi connectivity index (χ3n) is 10.3. The van der Waals surface area contributed by atoms with Gasteiger partial charge in [0.05, 0.1) is 23.9 Å². The number of nitrogens with zero attached hydrogens (tertiary/aromatic N) is 3. The smallest absolute Gasteiger partial charge is 0.245 e. The van der Waals surface area contributed by atoms with E-state index in [0.29, 0.717) is 19.6 Å². The molecule has 1 saturated heterocycles. The second-order valence-corrected chi connectivity index (χ2v) is 15.4. The van der Waals surface area contributed by atoms with Gasteiger partial charge in [-0.05, 0) is 81.6 Å². The first kappa shape index (κ1) is 41.8. The van der Waals surface area contributed by atoms with Gasteiger partial charge >= 0.3 is 0 Å². The zero-order valence-electron chi connectivity index (χ0n) is 32.0. The Morgan fingerprint density at radius 2 is 1.84 bits per heavy atom. The number of anilines is 1. The molecule has 0 spiro atoms. The van der Waals surface area contributed by atoms with Crippen molar-refractivity contribution in [2.75, 3.05) is 39.6 Å². The van der Waals surface area contributed by atoms with E-state index in [1.54, 1.807) is 18.4 Å². The number of likely N-dealkylation sites (N-methyl/N-ethyl adjacent to an activating group) is 1. The van der Waals surface area contributed by atoms with Crippen molar-refractivity contribution in [1.29, 1.82) is 0 Å². The Labute approximate surface area is 306 Å². The maximum absolute atomic E-state index is 14.6. The van der Waals surface area contributed by atoms with Crippen LogP contribution in [0.15, 0.2) is 29.6 Å². The first-order valence-corrected chi connectivity index (χ1v) is 19.8. The number of aromatic nitrogens is 1. The van der Waals surface area contributed by atoms with Gasteiger partial charge in [-0.3, -0.25) is 14.5 Å². The van der Waals surface area contributed by atoms with E-state index in [9.17, 15) is 9.59 Å². The Balaban J connectivity index is 1.83. The molecule has 11 heteroatoms. The van der Waals surface area contributed by atoms with Crippen molar-refractivity contribution in [2.24, 2.45) is 17.6 Å². The number of aryl methyl sites for hydroxylation is 1. The highest BCUT2D eigenvalue weighted by atomic mass is 32.1. The van der Waals surface area contributed by atoms with E-state index in [1.165, 1.54) is 5.56 Å². The van der Waals surface area contributed by atoms with Crippen LogP contribution in [0.5, 0.6) is 0 Å². The topological polar surface area (TPSA) is 136 Å². The molecular formula is C39H66N6O4S. The summed E-state index contributed by atoms with van der Waals surface area (Å²) in [5.74, 6) is 0.106. The minimum atomic E-state index is -0.589. The number of benzene rings is 1. The lowest BCUT2D eigenvalue weighted by molar-refractivity contribution is -0.143. The van der Waals surface area contributed by atoms with Crippen LogP contribution < -0.4 is 16.8 Å². The molecule has 282 valence electrons. The number of hydrogen-bond acceptors (Lipinski definition) is 9. The lowest BCUT2D eigenvalue weighted by Crippen LogP contribution is -2.58. The number of piperidine rings is 1. The van der Waals surface area contributed by atoms with Crippen LogP contribution in [0, 0.1) is 11.8 Å². The molecule has 2 heterocycles. The molecule has 50 heavy (non-hydrogen) atoms. The Bertz CT molecular complexity index is 1290. The van der Waals surface area contributed by atoms with E-state index in [4.69, 9.17) is 25.9 Å². The molecule has 3 rings (SSSR count). The van der Waals surface area contributed by atoms with Gasteiger partial charge in [-0.25, -0.2) is 4.98 Å². The summed E-state index contributed by atoms with van der Waals surface area (Å²) in [6, 6.07) is 6.61. The molecule has 1 aliphatic heterocycles. The average Bonchev–Trinajstić information content (AvgIpc) is 3.60. The number of nitrogen functional groups attached to an aromatic ring is 1. The molecule has 1 aromatic heterocycles. The van der Waals surface area contributed by atoms with Crippen molar-refractivity contribution in [2.45, 2.75) is 136 Å². The average molecular weight is 715 g/mol. The van der Waals surface area contributed by atoms with Crippen LogP contribution in [0.25, 0.3) is 0 Å². The van der Waals surface area contributed by atoms with Crippen molar-refractivity contribution < 1.29 is 19.1 Å². The largest absolute Gasteiger partial charge is 0.399 e. The fourth-order valence-electron chi connectivity index (χ4n) is 6.91. The van der Waals surface area contributed by atoms with Gasteiger partial charge in [0.15, 0.2) is 0 Å². The molecule has 5 N–H and O–H groups in total. The van der Waals surface area contributed by atoms with Gasteiger partial charge in [0.1, 0.15) is 17.2 Å². The zero-order valence-corrected chi connectivity index (χ0v) is 32.8. The molecule has 0 radical (unpaired) electrons. The van der Waals surface area contributed by atoms with Crippen molar-refractivity contribution >= 4 is 28.8 Å².